The summed E-state index contributed by atoms with van der Waals surface area (Å²) in [4.78, 5) is 15.7. The predicted octanol–water partition coefficient (Wildman–Crippen LogP) is 2.12. The van der Waals surface area contributed by atoms with E-state index in [2.05, 4.69) is 10.4 Å². The summed E-state index contributed by atoms with van der Waals surface area (Å²) in [5.74, 6) is 0.0409. The number of ether oxygens (including phenoxy) is 1. The third kappa shape index (κ3) is 2.93. The molecule has 24 heavy (non-hydrogen) atoms. The molecule has 0 aliphatic heterocycles. The highest BCUT2D eigenvalue weighted by molar-refractivity contribution is 6.32. The van der Waals surface area contributed by atoms with Gasteiger partial charge in [0.25, 0.3) is 5.91 Å². The van der Waals surface area contributed by atoms with Gasteiger partial charge in [0.2, 0.25) is 0 Å². The molecule has 2 aromatic carbocycles. The molecule has 7 nitrogen and oxygen atoms in total. The second-order valence-electron chi connectivity index (χ2n) is 5.21. The van der Waals surface area contributed by atoms with Crippen LogP contribution in [0.1, 0.15) is 15.9 Å². The van der Waals surface area contributed by atoms with E-state index in [-0.39, 0.29) is 5.56 Å². The Kier molecular flexibility index (Phi) is 4.18. The number of fused-ring (bicyclic) bond motifs is 1. The molecule has 0 fully saturated rings. The van der Waals surface area contributed by atoms with Gasteiger partial charge in [0.1, 0.15) is 12.1 Å². The van der Waals surface area contributed by atoms with Gasteiger partial charge in [-0.15, -0.1) is 0 Å². The lowest BCUT2D eigenvalue weighted by atomic mass is 10.1. The monoisotopic (exact) mass is 345 g/mol. The SMILES string of the molecule is COc1ccc(CNn2cnc3cc(N)c(C(N)=O)cc32)cc1Cl. The van der Waals surface area contributed by atoms with Crippen LogP contribution in [0.3, 0.4) is 0 Å². The lowest BCUT2D eigenvalue weighted by Gasteiger charge is -2.11. The minimum Gasteiger partial charge on any atom is -0.495 e. The Bertz CT molecular complexity index is 922. The highest BCUT2D eigenvalue weighted by Gasteiger charge is 2.11. The number of aromatic nitrogens is 2. The normalized spacial score (nSPS) is 10.8. The summed E-state index contributed by atoms with van der Waals surface area (Å²) in [6, 6.07) is 8.77. The third-order valence-corrected chi connectivity index (χ3v) is 3.95. The van der Waals surface area contributed by atoms with Crippen LogP contribution in [-0.4, -0.2) is 22.7 Å². The first kappa shape index (κ1) is 15.9. The largest absolute Gasteiger partial charge is 0.495 e. The molecule has 3 rings (SSSR count). The first-order valence-corrected chi connectivity index (χ1v) is 7.50. The molecule has 0 aliphatic carbocycles. The maximum Gasteiger partial charge on any atom is 0.250 e. The van der Waals surface area contributed by atoms with Crippen molar-refractivity contribution in [1.29, 1.82) is 0 Å². The van der Waals surface area contributed by atoms with Gasteiger partial charge in [0.05, 0.1) is 35.3 Å². The smallest absolute Gasteiger partial charge is 0.250 e. The van der Waals surface area contributed by atoms with Gasteiger partial charge >= 0.3 is 0 Å². The first-order chi connectivity index (χ1) is 11.5. The van der Waals surface area contributed by atoms with E-state index in [0.717, 1.165) is 5.56 Å². The Balaban J connectivity index is 1.86. The number of carbonyl (C=O) groups is 1. The van der Waals surface area contributed by atoms with Crippen molar-refractivity contribution in [2.45, 2.75) is 6.54 Å². The molecule has 1 amide bonds. The van der Waals surface area contributed by atoms with Crippen LogP contribution in [0.2, 0.25) is 5.02 Å². The van der Waals surface area contributed by atoms with Gasteiger partial charge in [-0.05, 0) is 29.8 Å². The van der Waals surface area contributed by atoms with Crippen LogP contribution < -0.4 is 21.6 Å². The summed E-state index contributed by atoms with van der Waals surface area (Å²) >= 11 is 6.12. The Labute approximate surface area is 143 Å². The van der Waals surface area contributed by atoms with Crippen LogP contribution in [0.25, 0.3) is 11.0 Å². The number of rotatable bonds is 5. The van der Waals surface area contributed by atoms with E-state index in [0.29, 0.717) is 34.0 Å². The molecule has 3 aromatic rings. The quantitative estimate of drug-likeness (QED) is 0.614. The summed E-state index contributed by atoms with van der Waals surface area (Å²) < 4.78 is 6.84. The van der Waals surface area contributed by atoms with E-state index in [4.69, 9.17) is 27.8 Å². The molecule has 0 spiro atoms. The van der Waals surface area contributed by atoms with Crippen LogP contribution in [-0.2, 0) is 6.54 Å². The first-order valence-electron chi connectivity index (χ1n) is 7.12. The fourth-order valence-electron chi connectivity index (χ4n) is 2.41. The second kappa shape index (κ2) is 6.29. The minimum absolute atomic E-state index is 0.263. The van der Waals surface area contributed by atoms with Crippen LogP contribution in [0.5, 0.6) is 5.75 Å². The molecule has 1 heterocycles. The number of imidazole rings is 1. The van der Waals surface area contributed by atoms with E-state index < -0.39 is 5.91 Å². The number of carbonyl (C=O) groups excluding carboxylic acids is 1. The average molecular weight is 346 g/mol. The van der Waals surface area contributed by atoms with Crippen molar-refractivity contribution in [2.75, 3.05) is 18.3 Å². The lowest BCUT2D eigenvalue weighted by molar-refractivity contribution is 0.100. The average Bonchev–Trinajstić information content (AvgIpc) is 2.93. The molecule has 1 aromatic heterocycles. The fourth-order valence-corrected chi connectivity index (χ4v) is 2.69. The van der Waals surface area contributed by atoms with Crippen molar-refractivity contribution < 1.29 is 9.53 Å². The van der Waals surface area contributed by atoms with Crippen LogP contribution in [0.15, 0.2) is 36.7 Å². The van der Waals surface area contributed by atoms with E-state index in [1.165, 1.54) is 0 Å². The summed E-state index contributed by atoms with van der Waals surface area (Å²) in [6.07, 6.45) is 1.61. The highest BCUT2D eigenvalue weighted by atomic mass is 35.5. The van der Waals surface area contributed by atoms with Gasteiger partial charge in [0, 0.05) is 5.69 Å². The Morgan fingerprint density at radius 2 is 2.17 bits per heavy atom. The summed E-state index contributed by atoms with van der Waals surface area (Å²) in [7, 11) is 1.57. The molecule has 0 aliphatic rings. The zero-order valence-corrected chi connectivity index (χ0v) is 13.7. The highest BCUT2D eigenvalue weighted by Crippen LogP contribution is 2.25. The zero-order chi connectivity index (χ0) is 17.3. The molecule has 124 valence electrons. The number of nitrogens with two attached hydrogens (primary N) is 2. The molecule has 0 bridgehead atoms. The van der Waals surface area contributed by atoms with Crippen molar-refractivity contribution in [1.82, 2.24) is 9.66 Å². The van der Waals surface area contributed by atoms with Crippen LogP contribution in [0, 0.1) is 0 Å². The summed E-state index contributed by atoms with van der Waals surface area (Å²) in [6.45, 7) is 0.505. The number of benzene rings is 2. The van der Waals surface area contributed by atoms with Crippen molar-refractivity contribution in [3.8, 4) is 5.75 Å². The van der Waals surface area contributed by atoms with Crippen LogP contribution >= 0.6 is 11.6 Å². The van der Waals surface area contributed by atoms with E-state index in [1.807, 2.05) is 12.1 Å². The van der Waals surface area contributed by atoms with Gasteiger partial charge in [-0.25, -0.2) is 9.66 Å². The van der Waals surface area contributed by atoms with Crippen molar-refractivity contribution >= 4 is 34.2 Å². The van der Waals surface area contributed by atoms with Gasteiger partial charge in [-0.3, -0.25) is 4.79 Å². The number of nitrogens with zero attached hydrogens (tertiary/aromatic N) is 2. The molecular weight excluding hydrogens is 330 g/mol. The van der Waals surface area contributed by atoms with E-state index in [9.17, 15) is 4.79 Å². The molecular formula is C16H16ClN5O2. The van der Waals surface area contributed by atoms with Crippen molar-refractivity contribution in [3.05, 3.63) is 52.8 Å². The van der Waals surface area contributed by atoms with E-state index >= 15 is 0 Å². The molecule has 0 unspecified atom stereocenters. The summed E-state index contributed by atoms with van der Waals surface area (Å²) in [5.41, 5.74) is 17.2. The molecule has 0 saturated heterocycles. The number of anilines is 1. The maximum absolute atomic E-state index is 11.4. The Morgan fingerprint density at radius 3 is 2.83 bits per heavy atom. The van der Waals surface area contributed by atoms with Gasteiger partial charge in [-0.1, -0.05) is 17.7 Å². The van der Waals surface area contributed by atoms with Gasteiger partial charge < -0.3 is 21.6 Å². The third-order valence-electron chi connectivity index (χ3n) is 3.65. The number of methoxy groups -OCH3 is 1. The fraction of sp³-hybridized carbons (Fsp3) is 0.125. The molecule has 5 N–H and O–H groups in total. The standard InChI is InChI=1S/C16H16ClN5O2/c1-24-15-3-2-9(4-11(15)17)7-21-22-8-20-13-6-12(18)10(16(19)23)5-14(13)22/h2-6,8,21H,7,18H2,1H3,(H2,19,23). The van der Waals surface area contributed by atoms with Crippen LogP contribution in [0.4, 0.5) is 5.69 Å². The number of primary amides is 1. The maximum atomic E-state index is 11.4. The minimum atomic E-state index is -0.580. The lowest BCUT2D eigenvalue weighted by Crippen LogP contribution is -2.15. The number of amides is 1. The molecule has 0 radical (unpaired) electrons. The number of nitrogen functional groups attached to an aromatic ring is 1. The van der Waals surface area contributed by atoms with E-state index in [1.54, 1.807) is 36.3 Å². The number of halogens is 1. The van der Waals surface area contributed by atoms with Crippen molar-refractivity contribution in [3.63, 3.8) is 0 Å². The van der Waals surface area contributed by atoms with Gasteiger partial charge in [-0.2, -0.15) is 0 Å². The van der Waals surface area contributed by atoms with Gasteiger partial charge in [0.15, 0.2) is 0 Å². The van der Waals surface area contributed by atoms with Crippen molar-refractivity contribution in [2.24, 2.45) is 5.73 Å². The predicted molar refractivity (Wildman–Crippen MR) is 93.7 cm³/mol. The molecule has 8 heteroatoms. The zero-order valence-electron chi connectivity index (χ0n) is 12.9. The molecule has 0 saturated carbocycles. The topological polar surface area (TPSA) is 108 Å². The molecule has 0 atom stereocenters. The number of hydrogen-bond acceptors (Lipinski definition) is 5. The number of hydrogen-bond donors (Lipinski definition) is 3. The second-order valence-corrected chi connectivity index (χ2v) is 5.62. The summed E-state index contributed by atoms with van der Waals surface area (Å²) in [5, 5.41) is 0.538. The Morgan fingerprint density at radius 1 is 1.38 bits per heavy atom. The number of nitrogens with one attached hydrogen (secondary N) is 1. The Hall–Kier alpha value is -2.93.